The van der Waals surface area contributed by atoms with E-state index in [-0.39, 0.29) is 23.7 Å². The molecule has 0 bridgehead atoms. The Kier molecular flexibility index (Phi) is 6.09. The standard InChI is InChI=1S/C23H30N4O2S/c1-15(2)22(29)26-10-12-27(13-11-26)23-25-19-9-6-17(14-20(19)30-23)21(28)24-18-7-4-16(3)5-8-18/h4-5,7-8,15,17H,6,9-14H2,1-3H3,(H,24,28). The predicted octanol–water partition coefficient (Wildman–Crippen LogP) is 3.50. The number of aryl methyl sites for hydroxylation is 2. The van der Waals surface area contributed by atoms with E-state index < -0.39 is 0 Å². The van der Waals surface area contributed by atoms with Crippen molar-refractivity contribution in [1.82, 2.24) is 9.88 Å². The van der Waals surface area contributed by atoms with Crippen LogP contribution in [0.25, 0.3) is 0 Å². The van der Waals surface area contributed by atoms with Crippen molar-refractivity contribution >= 4 is 34.0 Å². The highest BCUT2D eigenvalue weighted by Gasteiger charge is 2.30. The lowest BCUT2D eigenvalue weighted by Crippen LogP contribution is -2.49. The Morgan fingerprint density at radius 1 is 1.13 bits per heavy atom. The van der Waals surface area contributed by atoms with E-state index in [2.05, 4.69) is 10.2 Å². The molecule has 6 nitrogen and oxygen atoms in total. The smallest absolute Gasteiger partial charge is 0.227 e. The summed E-state index contributed by atoms with van der Waals surface area (Å²) >= 11 is 1.72. The molecule has 30 heavy (non-hydrogen) atoms. The first-order valence-electron chi connectivity index (χ1n) is 10.8. The largest absolute Gasteiger partial charge is 0.345 e. The molecule has 1 aliphatic carbocycles. The van der Waals surface area contributed by atoms with E-state index in [1.165, 1.54) is 10.4 Å². The van der Waals surface area contributed by atoms with E-state index >= 15 is 0 Å². The van der Waals surface area contributed by atoms with Crippen LogP contribution in [0.2, 0.25) is 0 Å². The molecule has 1 N–H and O–H groups in total. The zero-order chi connectivity index (χ0) is 21.3. The van der Waals surface area contributed by atoms with E-state index in [1.54, 1.807) is 11.3 Å². The Balaban J connectivity index is 1.36. The number of anilines is 2. The summed E-state index contributed by atoms with van der Waals surface area (Å²) in [5, 5.41) is 4.10. The summed E-state index contributed by atoms with van der Waals surface area (Å²) in [5.74, 6) is 0.370. The van der Waals surface area contributed by atoms with Gasteiger partial charge in [-0.1, -0.05) is 31.5 Å². The lowest BCUT2D eigenvalue weighted by atomic mass is 9.90. The Morgan fingerprint density at radius 3 is 2.50 bits per heavy atom. The molecule has 160 valence electrons. The summed E-state index contributed by atoms with van der Waals surface area (Å²) < 4.78 is 0. The molecule has 2 heterocycles. The van der Waals surface area contributed by atoms with Crippen molar-refractivity contribution in [3.8, 4) is 0 Å². The third kappa shape index (κ3) is 4.51. The number of nitrogens with one attached hydrogen (secondary N) is 1. The topological polar surface area (TPSA) is 65.5 Å². The molecule has 4 rings (SSSR count). The molecule has 2 aromatic rings. The number of rotatable bonds is 4. The molecule has 1 unspecified atom stereocenters. The van der Waals surface area contributed by atoms with Gasteiger partial charge in [0, 0.05) is 48.6 Å². The number of fused-ring (bicyclic) bond motifs is 1. The predicted molar refractivity (Wildman–Crippen MR) is 121 cm³/mol. The van der Waals surface area contributed by atoms with Crippen LogP contribution in [0.3, 0.4) is 0 Å². The fraction of sp³-hybridized carbons (Fsp3) is 0.522. The van der Waals surface area contributed by atoms with E-state index in [0.717, 1.165) is 62.0 Å². The molecular weight excluding hydrogens is 396 g/mol. The van der Waals surface area contributed by atoms with Crippen LogP contribution in [-0.2, 0) is 22.4 Å². The lowest BCUT2D eigenvalue weighted by Gasteiger charge is -2.35. The van der Waals surface area contributed by atoms with Crippen LogP contribution in [0.4, 0.5) is 10.8 Å². The van der Waals surface area contributed by atoms with Crippen LogP contribution in [0.1, 0.15) is 36.4 Å². The minimum absolute atomic E-state index is 0.00684. The summed E-state index contributed by atoms with van der Waals surface area (Å²) in [4.78, 5) is 35.3. The highest BCUT2D eigenvalue weighted by molar-refractivity contribution is 7.15. The average Bonchev–Trinajstić information content (AvgIpc) is 3.18. The molecule has 1 saturated heterocycles. The quantitative estimate of drug-likeness (QED) is 0.813. The SMILES string of the molecule is Cc1ccc(NC(=O)C2CCc3nc(N4CCN(C(=O)C(C)C)CC4)sc3C2)cc1. The fourth-order valence-corrected chi connectivity index (χ4v) is 5.32. The minimum atomic E-state index is -0.00684. The van der Waals surface area contributed by atoms with E-state index in [1.807, 2.05) is 49.9 Å². The second-order valence-electron chi connectivity index (χ2n) is 8.63. The van der Waals surface area contributed by atoms with Crippen molar-refractivity contribution in [3.05, 3.63) is 40.4 Å². The third-order valence-electron chi connectivity index (χ3n) is 5.97. The van der Waals surface area contributed by atoms with Crippen molar-refractivity contribution in [3.63, 3.8) is 0 Å². The summed E-state index contributed by atoms with van der Waals surface area (Å²) in [7, 11) is 0. The molecule has 7 heteroatoms. The number of nitrogens with zero attached hydrogens (tertiary/aromatic N) is 3. The van der Waals surface area contributed by atoms with Crippen molar-refractivity contribution in [2.75, 3.05) is 36.4 Å². The minimum Gasteiger partial charge on any atom is -0.345 e. The number of piperazine rings is 1. The van der Waals surface area contributed by atoms with E-state index in [0.29, 0.717) is 0 Å². The monoisotopic (exact) mass is 426 g/mol. The summed E-state index contributed by atoms with van der Waals surface area (Å²) in [5.41, 5.74) is 3.19. The van der Waals surface area contributed by atoms with Gasteiger partial charge in [-0.25, -0.2) is 4.98 Å². The highest BCUT2D eigenvalue weighted by atomic mass is 32.1. The number of aromatic nitrogens is 1. The number of benzene rings is 1. The lowest BCUT2D eigenvalue weighted by molar-refractivity contribution is -0.134. The molecule has 1 atom stereocenters. The van der Waals surface area contributed by atoms with Gasteiger partial charge >= 0.3 is 0 Å². The average molecular weight is 427 g/mol. The molecule has 0 spiro atoms. The molecule has 1 fully saturated rings. The normalized spacial score (nSPS) is 19.0. The van der Waals surface area contributed by atoms with Gasteiger partial charge in [0.05, 0.1) is 5.69 Å². The molecule has 1 aromatic heterocycles. The van der Waals surface area contributed by atoms with Gasteiger partial charge in [0.1, 0.15) is 0 Å². The van der Waals surface area contributed by atoms with E-state index in [9.17, 15) is 9.59 Å². The van der Waals surface area contributed by atoms with Crippen molar-refractivity contribution in [2.45, 2.75) is 40.0 Å². The van der Waals surface area contributed by atoms with Crippen LogP contribution in [0.5, 0.6) is 0 Å². The number of thiazole rings is 1. The first-order chi connectivity index (χ1) is 14.4. The highest BCUT2D eigenvalue weighted by Crippen LogP contribution is 2.35. The number of hydrogen-bond acceptors (Lipinski definition) is 5. The Labute approximate surface area is 182 Å². The van der Waals surface area contributed by atoms with Crippen LogP contribution < -0.4 is 10.2 Å². The van der Waals surface area contributed by atoms with Crippen molar-refractivity contribution in [2.24, 2.45) is 11.8 Å². The number of carbonyl (C=O) groups is 2. The number of hydrogen-bond donors (Lipinski definition) is 1. The Bertz CT molecular complexity index is 914. The molecule has 0 radical (unpaired) electrons. The first-order valence-corrected chi connectivity index (χ1v) is 11.6. The van der Waals surface area contributed by atoms with Crippen molar-refractivity contribution < 1.29 is 9.59 Å². The van der Waals surface area contributed by atoms with Gasteiger partial charge < -0.3 is 15.1 Å². The number of amides is 2. The maximum Gasteiger partial charge on any atom is 0.227 e. The molecule has 0 saturated carbocycles. The van der Waals surface area contributed by atoms with Gasteiger partial charge in [0.15, 0.2) is 5.13 Å². The van der Waals surface area contributed by atoms with Crippen LogP contribution in [0.15, 0.2) is 24.3 Å². The summed E-state index contributed by atoms with van der Waals surface area (Å²) in [6.07, 6.45) is 2.45. The second kappa shape index (κ2) is 8.76. The zero-order valence-corrected chi connectivity index (χ0v) is 18.8. The molecule has 2 amide bonds. The van der Waals surface area contributed by atoms with E-state index in [4.69, 9.17) is 4.98 Å². The summed E-state index contributed by atoms with van der Waals surface area (Å²) in [6.45, 7) is 9.09. The Hall–Kier alpha value is -2.41. The molecule has 2 aliphatic rings. The van der Waals surface area contributed by atoms with Crippen LogP contribution >= 0.6 is 11.3 Å². The summed E-state index contributed by atoms with van der Waals surface area (Å²) in [6, 6.07) is 7.93. The molecule has 1 aromatic carbocycles. The van der Waals surface area contributed by atoms with Gasteiger partial charge in [-0.15, -0.1) is 11.3 Å². The van der Waals surface area contributed by atoms with Gasteiger partial charge in [-0.05, 0) is 38.3 Å². The third-order valence-corrected chi connectivity index (χ3v) is 7.15. The zero-order valence-electron chi connectivity index (χ0n) is 18.0. The maximum atomic E-state index is 12.8. The number of carbonyl (C=O) groups excluding carboxylic acids is 2. The Morgan fingerprint density at radius 2 is 1.83 bits per heavy atom. The first kappa shape index (κ1) is 20.8. The maximum absolute atomic E-state index is 12.8. The van der Waals surface area contributed by atoms with Crippen LogP contribution in [-0.4, -0.2) is 47.9 Å². The van der Waals surface area contributed by atoms with Crippen molar-refractivity contribution in [1.29, 1.82) is 0 Å². The van der Waals surface area contributed by atoms with Gasteiger partial charge in [-0.2, -0.15) is 0 Å². The van der Waals surface area contributed by atoms with Gasteiger partial charge in [-0.3, -0.25) is 9.59 Å². The fourth-order valence-electron chi connectivity index (χ4n) is 4.08. The van der Waals surface area contributed by atoms with Gasteiger partial charge in [0.2, 0.25) is 11.8 Å². The molecular formula is C23H30N4O2S. The van der Waals surface area contributed by atoms with Gasteiger partial charge in [0.25, 0.3) is 0 Å². The second-order valence-corrected chi connectivity index (χ2v) is 9.69. The van der Waals surface area contributed by atoms with Crippen LogP contribution in [0, 0.1) is 18.8 Å². The molecule has 1 aliphatic heterocycles.